The zero-order valence-electron chi connectivity index (χ0n) is 15.0. The van der Waals surface area contributed by atoms with E-state index in [0.717, 1.165) is 38.9 Å². The number of likely N-dealkylation sites (tertiary alicyclic amines) is 2. The number of aliphatic hydroxyl groups excluding tert-OH is 1. The minimum atomic E-state index is -0.0428. The topological polar surface area (TPSA) is 52.7 Å². The van der Waals surface area contributed by atoms with Crippen molar-refractivity contribution in [3.63, 3.8) is 0 Å². The molecule has 4 nitrogen and oxygen atoms in total. The zero-order valence-corrected chi connectivity index (χ0v) is 15.0. The average Bonchev–Trinajstić information content (AvgIpc) is 2.66. The van der Waals surface area contributed by atoms with Gasteiger partial charge in [0.05, 0.1) is 6.10 Å². The molecule has 0 aliphatic carbocycles. The number of likely N-dealkylation sites (N-methyl/N-ethyl adjacent to an activating group) is 1. The molecule has 0 radical (unpaired) electrons. The number of nitrogens with two attached hydrogens (primary N) is 1. The highest BCUT2D eigenvalue weighted by Gasteiger charge is 2.16. The molecule has 0 bridgehead atoms. The molecular formula is C17H39N3O. The van der Waals surface area contributed by atoms with Crippen LogP contribution in [0.2, 0.25) is 0 Å². The van der Waals surface area contributed by atoms with E-state index in [1.807, 2.05) is 13.8 Å². The highest BCUT2D eigenvalue weighted by atomic mass is 16.3. The van der Waals surface area contributed by atoms with Crippen LogP contribution in [-0.2, 0) is 0 Å². The van der Waals surface area contributed by atoms with E-state index in [1.54, 1.807) is 0 Å². The van der Waals surface area contributed by atoms with Gasteiger partial charge in [0, 0.05) is 25.2 Å². The average molecular weight is 302 g/mol. The van der Waals surface area contributed by atoms with Crippen LogP contribution in [-0.4, -0.2) is 66.3 Å². The van der Waals surface area contributed by atoms with Gasteiger partial charge in [0.25, 0.3) is 0 Å². The van der Waals surface area contributed by atoms with Crippen molar-refractivity contribution >= 4 is 0 Å². The first-order chi connectivity index (χ1) is 9.99. The highest BCUT2D eigenvalue weighted by Crippen LogP contribution is 2.12. The fourth-order valence-corrected chi connectivity index (χ4v) is 2.82. The predicted molar refractivity (Wildman–Crippen MR) is 92.6 cm³/mol. The Hall–Kier alpha value is -0.160. The van der Waals surface area contributed by atoms with E-state index in [9.17, 15) is 5.11 Å². The van der Waals surface area contributed by atoms with Gasteiger partial charge >= 0.3 is 0 Å². The molecule has 0 amide bonds. The van der Waals surface area contributed by atoms with E-state index in [0.29, 0.717) is 12.1 Å². The van der Waals surface area contributed by atoms with Gasteiger partial charge in [-0.15, -0.1) is 0 Å². The molecular weight excluding hydrogens is 262 g/mol. The van der Waals surface area contributed by atoms with Crippen LogP contribution < -0.4 is 5.73 Å². The Morgan fingerprint density at radius 3 is 2.10 bits per heavy atom. The molecule has 2 atom stereocenters. The summed E-state index contributed by atoms with van der Waals surface area (Å²) in [5.74, 6) is 0. The lowest BCUT2D eigenvalue weighted by atomic mass is 10.1. The summed E-state index contributed by atoms with van der Waals surface area (Å²) < 4.78 is 0. The fourth-order valence-electron chi connectivity index (χ4n) is 2.82. The van der Waals surface area contributed by atoms with Gasteiger partial charge in [-0.05, 0) is 66.1 Å². The third-order valence-corrected chi connectivity index (χ3v) is 4.12. The van der Waals surface area contributed by atoms with Crippen molar-refractivity contribution in [1.82, 2.24) is 9.80 Å². The second-order valence-corrected chi connectivity index (χ2v) is 6.38. The van der Waals surface area contributed by atoms with E-state index in [1.165, 1.54) is 19.4 Å². The zero-order chi connectivity index (χ0) is 16.3. The first kappa shape index (κ1) is 20.8. The second kappa shape index (κ2) is 12.4. The summed E-state index contributed by atoms with van der Waals surface area (Å²) in [4.78, 5) is 4.73. The van der Waals surface area contributed by atoms with Crippen LogP contribution in [0.15, 0.2) is 0 Å². The number of hydrogen-bond donors (Lipinski definition) is 2. The van der Waals surface area contributed by atoms with E-state index in [4.69, 9.17) is 5.73 Å². The van der Waals surface area contributed by atoms with E-state index in [2.05, 4.69) is 30.7 Å². The van der Waals surface area contributed by atoms with Crippen LogP contribution >= 0.6 is 0 Å². The lowest BCUT2D eigenvalue weighted by Crippen LogP contribution is -2.40. The maximum Gasteiger partial charge on any atom is 0.0553 e. The molecule has 3 N–H and O–H groups in total. The lowest BCUT2D eigenvalue weighted by molar-refractivity contribution is 0.151. The first-order valence-electron chi connectivity index (χ1n) is 8.85. The van der Waals surface area contributed by atoms with Gasteiger partial charge in [-0.25, -0.2) is 0 Å². The minimum absolute atomic E-state index is 0.0428. The summed E-state index contributed by atoms with van der Waals surface area (Å²) in [5, 5.41) is 9.36. The smallest absolute Gasteiger partial charge is 0.0553 e. The quantitative estimate of drug-likeness (QED) is 0.780. The van der Waals surface area contributed by atoms with Crippen molar-refractivity contribution in [2.24, 2.45) is 5.73 Å². The largest absolute Gasteiger partial charge is 0.393 e. The Bertz CT molecular complexity index is 228. The van der Waals surface area contributed by atoms with Crippen LogP contribution in [0.1, 0.15) is 59.8 Å². The molecule has 0 aromatic heterocycles. The molecule has 2 saturated heterocycles. The number of nitrogens with zero attached hydrogens (tertiary/aromatic N) is 2. The molecule has 2 rings (SSSR count). The van der Waals surface area contributed by atoms with Gasteiger partial charge < -0.3 is 20.6 Å². The maximum atomic E-state index is 9.36. The number of hydrogen-bond acceptors (Lipinski definition) is 4. The molecule has 2 aliphatic heterocycles. The molecule has 2 fully saturated rings. The maximum absolute atomic E-state index is 9.36. The van der Waals surface area contributed by atoms with Gasteiger partial charge in [-0.1, -0.05) is 13.8 Å². The Morgan fingerprint density at radius 2 is 1.62 bits per heavy atom. The Morgan fingerprint density at radius 1 is 1.00 bits per heavy atom. The van der Waals surface area contributed by atoms with Crippen LogP contribution in [0, 0.1) is 0 Å². The minimum Gasteiger partial charge on any atom is -0.393 e. The molecule has 21 heavy (non-hydrogen) atoms. The van der Waals surface area contributed by atoms with E-state index >= 15 is 0 Å². The van der Waals surface area contributed by atoms with Crippen LogP contribution in [0.4, 0.5) is 0 Å². The Kier molecular flexibility index (Phi) is 12.3. The molecule has 0 aromatic rings. The molecule has 2 unspecified atom stereocenters. The number of rotatable bonds is 1. The molecule has 2 heterocycles. The molecule has 0 aromatic carbocycles. The standard InChI is InChI=1S/C9H19NO.C6H14N2.C2H6/c1-8(2)10-6-3-4-9(11)5-7-10;1-8-4-2-3-6(7)5-8;1-2/h8-9,11H,3-7H2,1-2H3;6H,2-5,7H2,1H3;1-2H3. The third kappa shape index (κ3) is 10.2. The van der Waals surface area contributed by atoms with Gasteiger partial charge in [-0.3, -0.25) is 0 Å². The highest BCUT2D eigenvalue weighted by molar-refractivity contribution is 4.72. The van der Waals surface area contributed by atoms with Gasteiger partial charge in [0.2, 0.25) is 0 Å². The summed E-state index contributed by atoms with van der Waals surface area (Å²) in [6.07, 6.45) is 5.54. The first-order valence-corrected chi connectivity index (χ1v) is 8.85. The number of piperidine rings is 1. The Labute approximate surface area is 132 Å². The summed E-state index contributed by atoms with van der Waals surface area (Å²) in [7, 11) is 2.12. The van der Waals surface area contributed by atoms with Crippen molar-refractivity contribution in [3.05, 3.63) is 0 Å². The van der Waals surface area contributed by atoms with Crippen molar-refractivity contribution in [3.8, 4) is 0 Å². The van der Waals surface area contributed by atoms with Gasteiger partial charge in [-0.2, -0.15) is 0 Å². The van der Waals surface area contributed by atoms with Crippen LogP contribution in [0.25, 0.3) is 0 Å². The molecule has 128 valence electrons. The van der Waals surface area contributed by atoms with Crippen molar-refractivity contribution in [2.45, 2.75) is 78.0 Å². The van der Waals surface area contributed by atoms with E-state index < -0.39 is 0 Å². The van der Waals surface area contributed by atoms with Crippen LogP contribution in [0.5, 0.6) is 0 Å². The van der Waals surface area contributed by atoms with Gasteiger partial charge in [0.1, 0.15) is 0 Å². The third-order valence-electron chi connectivity index (χ3n) is 4.12. The normalized spacial score (nSPS) is 28.0. The fraction of sp³-hybridized carbons (Fsp3) is 1.00. The second-order valence-electron chi connectivity index (χ2n) is 6.38. The molecule has 4 heteroatoms. The van der Waals surface area contributed by atoms with Crippen LogP contribution in [0.3, 0.4) is 0 Å². The summed E-state index contributed by atoms with van der Waals surface area (Å²) >= 11 is 0. The molecule has 0 spiro atoms. The summed E-state index contributed by atoms with van der Waals surface area (Å²) in [5.41, 5.74) is 5.68. The lowest BCUT2D eigenvalue weighted by Gasteiger charge is -2.26. The molecule has 2 aliphatic rings. The van der Waals surface area contributed by atoms with Crippen molar-refractivity contribution in [2.75, 3.05) is 33.2 Å². The Balaban J connectivity index is 0.000000354. The SMILES string of the molecule is CC.CC(C)N1CCCC(O)CC1.CN1CCCC(N)C1. The molecule has 0 saturated carbocycles. The van der Waals surface area contributed by atoms with Crippen molar-refractivity contribution < 1.29 is 5.11 Å². The van der Waals surface area contributed by atoms with E-state index in [-0.39, 0.29) is 6.10 Å². The van der Waals surface area contributed by atoms with Gasteiger partial charge in [0.15, 0.2) is 0 Å². The monoisotopic (exact) mass is 301 g/mol. The summed E-state index contributed by atoms with van der Waals surface area (Å²) in [6.45, 7) is 13.0. The number of aliphatic hydroxyl groups is 1. The predicted octanol–water partition coefficient (Wildman–Crippen LogP) is 2.31. The van der Waals surface area contributed by atoms with Crippen molar-refractivity contribution in [1.29, 1.82) is 0 Å². The summed E-state index contributed by atoms with van der Waals surface area (Å²) in [6, 6.07) is 1.08.